The monoisotopic (exact) mass is 234 g/mol. The lowest BCUT2D eigenvalue weighted by molar-refractivity contribution is 0.628. The number of anilines is 1. The molecule has 0 saturated carbocycles. The molecule has 0 saturated heterocycles. The third-order valence-electron chi connectivity index (χ3n) is 2.22. The Morgan fingerprint density at radius 1 is 1.12 bits per heavy atom. The Labute approximate surface area is 97.7 Å². The molecule has 2 aromatic rings. The molecule has 0 aliphatic carbocycles. The number of hydrogen-bond donors (Lipinski definition) is 1. The Morgan fingerprint density at radius 2 is 1.81 bits per heavy atom. The van der Waals surface area contributed by atoms with Gasteiger partial charge >= 0.3 is 0 Å². The number of aromatic nitrogens is 1. The van der Waals surface area contributed by atoms with Gasteiger partial charge in [-0.1, -0.05) is 0 Å². The Kier molecular flexibility index (Phi) is 3.10. The smallest absolute Gasteiger partial charge is 0.123 e. The number of nitrogens with two attached hydrogens (primary N) is 1. The van der Waals surface area contributed by atoms with E-state index < -0.39 is 0 Å². The lowest BCUT2D eigenvalue weighted by Crippen LogP contribution is -1.93. The molecule has 16 heavy (non-hydrogen) atoms. The molecular formula is C12H11FN2S. The van der Waals surface area contributed by atoms with Crippen molar-refractivity contribution in [2.24, 2.45) is 0 Å². The minimum Gasteiger partial charge on any atom is -0.397 e. The molecular weight excluding hydrogens is 223 g/mol. The van der Waals surface area contributed by atoms with Gasteiger partial charge in [-0.25, -0.2) is 9.37 Å². The van der Waals surface area contributed by atoms with Gasteiger partial charge < -0.3 is 5.73 Å². The molecule has 1 heterocycles. The summed E-state index contributed by atoms with van der Waals surface area (Å²) < 4.78 is 12.8. The molecule has 0 radical (unpaired) electrons. The van der Waals surface area contributed by atoms with Crippen molar-refractivity contribution in [1.82, 2.24) is 4.98 Å². The van der Waals surface area contributed by atoms with Crippen LogP contribution in [0.5, 0.6) is 0 Å². The van der Waals surface area contributed by atoms with Crippen molar-refractivity contribution in [3.05, 3.63) is 42.2 Å². The average Bonchev–Trinajstić information content (AvgIpc) is 2.31. The zero-order valence-corrected chi connectivity index (χ0v) is 9.59. The number of benzene rings is 1. The fraction of sp³-hybridized carbons (Fsp3) is 0.0833. The van der Waals surface area contributed by atoms with E-state index in [9.17, 15) is 4.39 Å². The van der Waals surface area contributed by atoms with E-state index in [1.54, 1.807) is 12.1 Å². The summed E-state index contributed by atoms with van der Waals surface area (Å²) in [6.07, 6.45) is 1.92. The van der Waals surface area contributed by atoms with Crippen LogP contribution >= 0.6 is 11.8 Å². The number of nitrogen functional groups attached to an aromatic ring is 1. The van der Waals surface area contributed by atoms with Gasteiger partial charge in [0, 0.05) is 5.56 Å². The first-order chi connectivity index (χ1) is 7.70. The van der Waals surface area contributed by atoms with Crippen molar-refractivity contribution in [3.63, 3.8) is 0 Å². The number of halogens is 1. The van der Waals surface area contributed by atoms with Gasteiger partial charge in [0.25, 0.3) is 0 Å². The third kappa shape index (κ3) is 2.17. The Hall–Kier alpha value is -1.55. The number of hydrogen-bond acceptors (Lipinski definition) is 3. The molecule has 0 spiro atoms. The molecule has 0 unspecified atom stereocenters. The van der Waals surface area contributed by atoms with Crippen LogP contribution in [-0.2, 0) is 0 Å². The van der Waals surface area contributed by atoms with Crippen LogP contribution in [0.25, 0.3) is 11.3 Å². The molecule has 2 nitrogen and oxygen atoms in total. The summed E-state index contributed by atoms with van der Waals surface area (Å²) in [7, 11) is 0. The number of nitrogens with zero attached hydrogens (tertiary/aromatic N) is 1. The van der Waals surface area contributed by atoms with E-state index in [4.69, 9.17) is 5.73 Å². The van der Waals surface area contributed by atoms with Gasteiger partial charge in [-0.2, -0.15) is 0 Å². The zero-order chi connectivity index (χ0) is 11.5. The lowest BCUT2D eigenvalue weighted by atomic mass is 10.1. The van der Waals surface area contributed by atoms with Crippen LogP contribution in [0.15, 0.2) is 41.4 Å². The standard InChI is InChI=1S/C12H11FN2S/c1-16-12-10(14)6-7-11(15-12)8-2-4-9(13)5-3-8/h2-7H,14H2,1H3. The van der Waals surface area contributed by atoms with Gasteiger partial charge in [-0.05, 0) is 42.7 Å². The van der Waals surface area contributed by atoms with Crippen molar-refractivity contribution in [3.8, 4) is 11.3 Å². The van der Waals surface area contributed by atoms with Crippen molar-refractivity contribution in [1.29, 1.82) is 0 Å². The summed E-state index contributed by atoms with van der Waals surface area (Å²) >= 11 is 1.50. The van der Waals surface area contributed by atoms with Crippen LogP contribution in [0.3, 0.4) is 0 Å². The molecule has 82 valence electrons. The normalized spacial score (nSPS) is 10.4. The summed E-state index contributed by atoms with van der Waals surface area (Å²) in [5, 5.41) is 0.793. The van der Waals surface area contributed by atoms with Crippen LogP contribution < -0.4 is 5.73 Å². The largest absolute Gasteiger partial charge is 0.397 e. The van der Waals surface area contributed by atoms with Crippen molar-refractivity contribution in [2.75, 3.05) is 12.0 Å². The maximum absolute atomic E-state index is 12.8. The quantitative estimate of drug-likeness (QED) is 0.811. The first-order valence-corrected chi connectivity index (χ1v) is 5.99. The zero-order valence-electron chi connectivity index (χ0n) is 8.77. The van der Waals surface area contributed by atoms with Gasteiger partial charge in [-0.15, -0.1) is 11.8 Å². The fourth-order valence-electron chi connectivity index (χ4n) is 1.40. The second-order valence-corrected chi connectivity index (χ2v) is 4.10. The van der Waals surface area contributed by atoms with Crippen LogP contribution in [0.2, 0.25) is 0 Å². The highest BCUT2D eigenvalue weighted by atomic mass is 32.2. The Morgan fingerprint density at radius 3 is 2.44 bits per heavy atom. The molecule has 0 amide bonds. The predicted octanol–water partition coefficient (Wildman–Crippen LogP) is 3.19. The van der Waals surface area contributed by atoms with Crippen molar-refractivity contribution >= 4 is 17.4 Å². The van der Waals surface area contributed by atoms with E-state index in [1.807, 2.05) is 18.4 Å². The molecule has 4 heteroatoms. The van der Waals surface area contributed by atoms with Gasteiger partial charge in [0.15, 0.2) is 0 Å². The van der Waals surface area contributed by atoms with E-state index in [-0.39, 0.29) is 5.82 Å². The fourth-order valence-corrected chi connectivity index (χ4v) is 1.89. The van der Waals surface area contributed by atoms with Gasteiger partial charge in [0.05, 0.1) is 11.4 Å². The highest BCUT2D eigenvalue weighted by molar-refractivity contribution is 7.98. The topological polar surface area (TPSA) is 38.9 Å². The summed E-state index contributed by atoms with van der Waals surface area (Å²) in [4.78, 5) is 4.41. The highest BCUT2D eigenvalue weighted by Crippen LogP contribution is 2.25. The molecule has 1 aromatic heterocycles. The molecule has 2 rings (SSSR count). The second kappa shape index (κ2) is 4.53. The first-order valence-electron chi connectivity index (χ1n) is 4.77. The van der Waals surface area contributed by atoms with E-state index in [0.717, 1.165) is 16.3 Å². The molecule has 0 bridgehead atoms. The number of rotatable bonds is 2. The SMILES string of the molecule is CSc1nc(-c2ccc(F)cc2)ccc1N. The van der Waals surface area contributed by atoms with E-state index in [2.05, 4.69) is 4.98 Å². The third-order valence-corrected chi connectivity index (χ3v) is 2.94. The molecule has 2 N–H and O–H groups in total. The van der Waals surface area contributed by atoms with E-state index in [1.165, 1.54) is 23.9 Å². The van der Waals surface area contributed by atoms with Crippen LogP contribution in [-0.4, -0.2) is 11.2 Å². The molecule has 0 aliphatic rings. The van der Waals surface area contributed by atoms with Crippen LogP contribution in [0.4, 0.5) is 10.1 Å². The van der Waals surface area contributed by atoms with Crippen LogP contribution in [0.1, 0.15) is 0 Å². The van der Waals surface area contributed by atoms with Crippen molar-refractivity contribution < 1.29 is 4.39 Å². The minimum atomic E-state index is -0.246. The average molecular weight is 234 g/mol. The highest BCUT2D eigenvalue weighted by Gasteiger charge is 2.04. The summed E-state index contributed by atoms with van der Waals surface area (Å²) in [6, 6.07) is 9.91. The summed E-state index contributed by atoms with van der Waals surface area (Å²) in [5.74, 6) is -0.246. The summed E-state index contributed by atoms with van der Waals surface area (Å²) in [6.45, 7) is 0. The predicted molar refractivity (Wildman–Crippen MR) is 65.8 cm³/mol. The summed E-state index contributed by atoms with van der Waals surface area (Å²) in [5.41, 5.74) is 8.11. The van der Waals surface area contributed by atoms with E-state index in [0.29, 0.717) is 5.69 Å². The number of thioether (sulfide) groups is 1. The Bertz CT molecular complexity index is 497. The molecule has 0 aliphatic heterocycles. The first kappa shape index (κ1) is 11.0. The van der Waals surface area contributed by atoms with Crippen molar-refractivity contribution in [2.45, 2.75) is 5.03 Å². The molecule has 0 fully saturated rings. The number of pyridine rings is 1. The van der Waals surface area contributed by atoms with Gasteiger partial charge in [0.1, 0.15) is 10.8 Å². The Balaban J connectivity index is 2.44. The van der Waals surface area contributed by atoms with Gasteiger partial charge in [-0.3, -0.25) is 0 Å². The molecule has 0 atom stereocenters. The molecule has 1 aromatic carbocycles. The lowest BCUT2D eigenvalue weighted by Gasteiger charge is -2.05. The minimum absolute atomic E-state index is 0.246. The van der Waals surface area contributed by atoms with Gasteiger partial charge in [0.2, 0.25) is 0 Å². The van der Waals surface area contributed by atoms with Crippen LogP contribution in [0, 0.1) is 5.82 Å². The second-order valence-electron chi connectivity index (χ2n) is 3.30. The van der Waals surface area contributed by atoms with E-state index >= 15 is 0 Å². The maximum Gasteiger partial charge on any atom is 0.123 e. The maximum atomic E-state index is 12.8.